The Hall–Kier alpha value is -5.31. The summed E-state index contributed by atoms with van der Waals surface area (Å²) >= 11 is 0. The molecule has 1 amide bonds. The van der Waals surface area contributed by atoms with Crippen molar-refractivity contribution in [1.82, 2.24) is 15.0 Å². The predicted octanol–water partition coefficient (Wildman–Crippen LogP) is 6.26. The maximum Gasteiger partial charge on any atom is 0.338 e. The lowest BCUT2D eigenvalue weighted by molar-refractivity contribution is -0.124. The molecular formula is C33H30N4O5. The van der Waals surface area contributed by atoms with Gasteiger partial charge in [0.15, 0.2) is 6.10 Å². The number of anilines is 1. The lowest BCUT2D eigenvalue weighted by atomic mass is 10.0. The van der Waals surface area contributed by atoms with Crippen LogP contribution in [0.5, 0.6) is 11.5 Å². The molecule has 0 aliphatic carbocycles. The van der Waals surface area contributed by atoms with Crippen molar-refractivity contribution in [2.45, 2.75) is 26.4 Å². The summed E-state index contributed by atoms with van der Waals surface area (Å²) in [5, 5.41) is 2.70. The number of nitrogens with zero attached hydrogens (tertiary/aromatic N) is 3. The lowest BCUT2D eigenvalue weighted by Gasteiger charge is -2.16. The average molecular weight is 563 g/mol. The van der Waals surface area contributed by atoms with Gasteiger partial charge in [0.25, 0.3) is 5.91 Å². The second-order valence-electron chi connectivity index (χ2n) is 9.59. The van der Waals surface area contributed by atoms with Gasteiger partial charge in [-0.25, -0.2) is 19.7 Å². The van der Waals surface area contributed by atoms with Gasteiger partial charge in [0.05, 0.1) is 42.2 Å². The van der Waals surface area contributed by atoms with Crippen molar-refractivity contribution in [3.05, 3.63) is 96.2 Å². The average Bonchev–Trinajstić information content (AvgIpc) is 3.03. The molecule has 0 saturated heterocycles. The van der Waals surface area contributed by atoms with Gasteiger partial charge in [0.1, 0.15) is 17.3 Å². The van der Waals surface area contributed by atoms with Crippen molar-refractivity contribution >= 4 is 28.7 Å². The van der Waals surface area contributed by atoms with Gasteiger partial charge in [0, 0.05) is 17.3 Å². The van der Waals surface area contributed by atoms with Crippen molar-refractivity contribution in [2.24, 2.45) is 0 Å². The normalized spacial score (nSPS) is 11.5. The Morgan fingerprint density at radius 1 is 0.786 bits per heavy atom. The Kier molecular flexibility index (Phi) is 8.38. The maximum atomic E-state index is 13.1. The van der Waals surface area contributed by atoms with Crippen LogP contribution in [0.2, 0.25) is 0 Å². The molecule has 42 heavy (non-hydrogen) atoms. The highest BCUT2D eigenvalue weighted by molar-refractivity contribution is 5.99. The number of carbonyl (C=O) groups excluding carboxylic acids is 2. The minimum Gasteiger partial charge on any atom is -0.497 e. The van der Waals surface area contributed by atoms with Crippen molar-refractivity contribution in [1.29, 1.82) is 0 Å². The molecule has 0 radical (unpaired) electrons. The molecule has 1 unspecified atom stereocenters. The highest BCUT2D eigenvalue weighted by Crippen LogP contribution is 2.33. The molecule has 3 aromatic carbocycles. The molecule has 1 atom stereocenters. The van der Waals surface area contributed by atoms with E-state index < -0.39 is 18.0 Å². The molecule has 0 aliphatic heterocycles. The van der Waals surface area contributed by atoms with E-state index in [0.717, 1.165) is 28.2 Å². The van der Waals surface area contributed by atoms with Gasteiger partial charge in [-0.05, 0) is 91.7 Å². The predicted molar refractivity (Wildman–Crippen MR) is 161 cm³/mol. The van der Waals surface area contributed by atoms with Crippen LogP contribution in [0.4, 0.5) is 5.82 Å². The van der Waals surface area contributed by atoms with Crippen LogP contribution in [0.1, 0.15) is 29.3 Å². The number of methoxy groups -OCH3 is 2. The number of ether oxygens (including phenoxy) is 3. The van der Waals surface area contributed by atoms with E-state index in [1.165, 1.54) is 0 Å². The summed E-state index contributed by atoms with van der Waals surface area (Å²) in [6.07, 6.45) is 0.956. The van der Waals surface area contributed by atoms with Crippen LogP contribution in [0.15, 0.2) is 85.1 Å². The molecule has 0 fully saturated rings. The zero-order chi connectivity index (χ0) is 29.6. The van der Waals surface area contributed by atoms with Gasteiger partial charge < -0.3 is 19.5 Å². The molecule has 2 heterocycles. The van der Waals surface area contributed by atoms with Gasteiger partial charge in [-0.15, -0.1) is 0 Å². The fraction of sp³-hybridized carbons (Fsp3) is 0.182. The summed E-state index contributed by atoms with van der Waals surface area (Å²) in [6.45, 7) is 3.68. The number of carbonyl (C=O) groups is 2. The Bertz CT molecular complexity index is 1720. The number of fused-ring (bicyclic) bond motifs is 1. The van der Waals surface area contributed by atoms with Crippen molar-refractivity contribution in [3.8, 4) is 34.0 Å². The summed E-state index contributed by atoms with van der Waals surface area (Å²) in [7, 11) is 3.23. The summed E-state index contributed by atoms with van der Waals surface area (Å²) in [6, 6.07) is 23.6. The van der Waals surface area contributed by atoms with Gasteiger partial charge in [0.2, 0.25) is 0 Å². The molecule has 212 valence electrons. The van der Waals surface area contributed by atoms with E-state index in [1.807, 2.05) is 61.5 Å². The number of hydrogen-bond acceptors (Lipinski definition) is 8. The topological polar surface area (TPSA) is 113 Å². The van der Waals surface area contributed by atoms with E-state index in [0.29, 0.717) is 34.7 Å². The number of aromatic nitrogens is 3. The van der Waals surface area contributed by atoms with Crippen LogP contribution in [-0.2, 0) is 9.53 Å². The monoisotopic (exact) mass is 562 g/mol. The molecular weight excluding hydrogens is 532 g/mol. The van der Waals surface area contributed by atoms with E-state index in [9.17, 15) is 9.59 Å². The summed E-state index contributed by atoms with van der Waals surface area (Å²) < 4.78 is 16.2. The second kappa shape index (κ2) is 12.5. The van der Waals surface area contributed by atoms with Crippen LogP contribution in [-0.4, -0.2) is 47.2 Å². The number of benzene rings is 3. The first-order valence-corrected chi connectivity index (χ1v) is 13.4. The highest BCUT2D eigenvalue weighted by atomic mass is 16.5. The molecule has 0 bridgehead atoms. The first-order chi connectivity index (χ1) is 20.4. The molecule has 9 heteroatoms. The number of rotatable bonds is 9. The van der Waals surface area contributed by atoms with Gasteiger partial charge in [-0.1, -0.05) is 13.0 Å². The zero-order valence-corrected chi connectivity index (χ0v) is 23.8. The number of pyridine rings is 1. The second-order valence-corrected chi connectivity index (χ2v) is 9.59. The third-order valence-corrected chi connectivity index (χ3v) is 6.70. The third-order valence-electron chi connectivity index (χ3n) is 6.70. The minimum atomic E-state index is -0.991. The SMILES string of the molecule is CCC(OC(=O)c1ccc2nc(-c3ccc(OC)cc3)c(-c3ccc(OC)cc3)nc2c1)C(=O)Nc1ccc(C)cn1. The smallest absolute Gasteiger partial charge is 0.338 e. The molecule has 0 aliphatic rings. The van der Waals surface area contributed by atoms with Crippen LogP contribution < -0.4 is 14.8 Å². The zero-order valence-electron chi connectivity index (χ0n) is 23.8. The standard InChI is InChI=1S/C33H30N4O5/c1-5-28(32(38)37-29-17-6-20(2)19-34-29)42-33(39)23-11-16-26-27(18-23)36-31(22-9-14-25(41-4)15-10-22)30(35-26)21-7-12-24(40-3)13-8-21/h6-19,28H,5H2,1-4H3,(H,34,37,38). The Labute approximate surface area is 243 Å². The number of esters is 1. The Morgan fingerprint density at radius 2 is 1.38 bits per heavy atom. The van der Waals surface area contributed by atoms with Gasteiger partial charge in [-0.2, -0.15) is 0 Å². The van der Waals surface area contributed by atoms with E-state index in [1.54, 1.807) is 51.6 Å². The molecule has 0 saturated carbocycles. The number of aryl methyl sites for hydroxylation is 1. The Morgan fingerprint density at radius 3 is 1.90 bits per heavy atom. The van der Waals surface area contributed by atoms with Crippen molar-refractivity contribution in [3.63, 3.8) is 0 Å². The van der Waals surface area contributed by atoms with E-state index in [2.05, 4.69) is 10.3 Å². The summed E-state index contributed by atoms with van der Waals surface area (Å²) in [5.74, 6) is 0.753. The molecule has 9 nitrogen and oxygen atoms in total. The summed E-state index contributed by atoms with van der Waals surface area (Å²) in [4.78, 5) is 40.0. The largest absolute Gasteiger partial charge is 0.497 e. The molecule has 5 aromatic rings. The van der Waals surface area contributed by atoms with Crippen LogP contribution >= 0.6 is 0 Å². The van der Waals surface area contributed by atoms with E-state index in [-0.39, 0.29) is 5.56 Å². The molecule has 1 N–H and O–H groups in total. The van der Waals surface area contributed by atoms with Crippen LogP contribution in [0.25, 0.3) is 33.5 Å². The van der Waals surface area contributed by atoms with Crippen LogP contribution in [0.3, 0.4) is 0 Å². The van der Waals surface area contributed by atoms with Crippen molar-refractivity contribution < 1.29 is 23.8 Å². The van der Waals surface area contributed by atoms with E-state index >= 15 is 0 Å². The maximum absolute atomic E-state index is 13.1. The fourth-order valence-electron chi connectivity index (χ4n) is 4.35. The fourth-order valence-corrected chi connectivity index (χ4v) is 4.35. The highest BCUT2D eigenvalue weighted by Gasteiger charge is 2.23. The minimum absolute atomic E-state index is 0.259. The molecule has 2 aromatic heterocycles. The number of amides is 1. The van der Waals surface area contributed by atoms with Crippen LogP contribution in [0, 0.1) is 6.92 Å². The number of hydrogen-bond donors (Lipinski definition) is 1. The van der Waals surface area contributed by atoms with Crippen molar-refractivity contribution in [2.75, 3.05) is 19.5 Å². The number of nitrogens with one attached hydrogen (secondary N) is 1. The lowest BCUT2D eigenvalue weighted by Crippen LogP contribution is -2.32. The third kappa shape index (κ3) is 6.20. The molecule has 5 rings (SSSR count). The molecule has 0 spiro atoms. The van der Waals surface area contributed by atoms with E-state index in [4.69, 9.17) is 24.2 Å². The first kappa shape index (κ1) is 28.2. The Balaban J connectivity index is 1.46. The quantitative estimate of drug-likeness (QED) is 0.210. The van der Waals surface area contributed by atoms with Gasteiger partial charge in [-0.3, -0.25) is 4.79 Å². The van der Waals surface area contributed by atoms with Gasteiger partial charge >= 0.3 is 5.97 Å². The first-order valence-electron chi connectivity index (χ1n) is 13.4. The summed E-state index contributed by atoms with van der Waals surface area (Å²) in [5.41, 5.74) is 5.34.